The molecule has 0 amide bonds. The van der Waals surface area contributed by atoms with Gasteiger partial charge in [-0.2, -0.15) is 11.3 Å². The third-order valence-corrected chi connectivity index (χ3v) is 3.79. The van der Waals surface area contributed by atoms with Crippen molar-refractivity contribution in [2.24, 2.45) is 0 Å². The van der Waals surface area contributed by atoms with E-state index in [-0.39, 0.29) is 0 Å². The van der Waals surface area contributed by atoms with Crippen molar-refractivity contribution in [3.8, 4) is 0 Å². The van der Waals surface area contributed by atoms with Gasteiger partial charge in [0.25, 0.3) is 0 Å². The molecule has 1 N–H and O–H groups in total. The summed E-state index contributed by atoms with van der Waals surface area (Å²) >= 11 is 1.74. The SMILES string of the molecule is Cc1cc(C(C)NC(C)c2ccsc2)c(C)o1. The van der Waals surface area contributed by atoms with Gasteiger partial charge in [0, 0.05) is 17.6 Å². The highest BCUT2D eigenvalue weighted by Crippen LogP contribution is 2.25. The number of rotatable bonds is 4. The van der Waals surface area contributed by atoms with Gasteiger partial charge in [-0.15, -0.1) is 0 Å². The number of nitrogens with one attached hydrogen (secondary N) is 1. The van der Waals surface area contributed by atoms with Crippen LogP contribution in [0.5, 0.6) is 0 Å². The fourth-order valence-electron chi connectivity index (χ4n) is 2.16. The summed E-state index contributed by atoms with van der Waals surface area (Å²) in [5, 5.41) is 7.91. The van der Waals surface area contributed by atoms with Gasteiger partial charge in [-0.3, -0.25) is 0 Å². The summed E-state index contributed by atoms with van der Waals surface area (Å²) in [6.45, 7) is 8.39. The Morgan fingerprint density at radius 1 is 1.24 bits per heavy atom. The van der Waals surface area contributed by atoms with Crippen molar-refractivity contribution in [2.45, 2.75) is 39.8 Å². The number of hydrogen-bond acceptors (Lipinski definition) is 3. The third kappa shape index (κ3) is 2.79. The molecule has 2 atom stereocenters. The lowest BCUT2D eigenvalue weighted by atomic mass is 10.1. The predicted octanol–water partition coefficient (Wildman–Crippen LogP) is 4.37. The summed E-state index contributed by atoms with van der Waals surface area (Å²) in [4.78, 5) is 0. The minimum absolute atomic E-state index is 0.308. The highest BCUT2D eigenvalue weighted by molar-refractivity contribution is 7.07. The van der Waals surface area contributed by atoms with Crippen LogP contribution in [0.1, 0.15) is 48.6 Å². The van der Waals surface area contributed by atoms with Crippen LogP contribution >= 0.6 is 11.3 Å². The van der Waals surface area contributed by atoms with E-state index in [0.29, 0.717) is 12.1 Å². The van der Waals surface area contributed by atoms with Gasteiger partial charge in [0.15, 0.2) is 0 Å². The summed E-state index contributed by atoms with van der Waals surface area (Å²) in [7, 11) is 0. The normalized spacial score (nSPS) is 14.8. The zero-order valence-electron chi connectivity index (χ0n) is 10.8. The highest BCUT2D eigenvalue weighted by Gasteiger charge is 2.15. The van der Waals surface area contributed by atoms with E-state index in [0.717, 1.165) is 11.5 Å². The Labute approximate surface area is 107 Å². The second-order valence-electron chi connectivity index (χ2n) is 4.54. The molecule has 0 radical (unpaired) electrons. The molecule has 0 spiro atoms. The summed E-state index contributed by atoms with van der Waals surface area (Å²) in [6, 6.07) is 4.96. The lowest BCUT2D eigenvalue weighted by Crippen LogP contribution is -2.22. The number of furan rings is 1. The molecule has 0 saturated heterocycles. The van der Waals surface area contributed by atoms with Gasteiger partial charge < -0.3 is 9.73 Å². The Kier molecular flexibility index (Phi) is 3.69. The van der Waals surface area contributed by atoms with Crippen LogP contribution in [0, 0.1) is 13.8 Å². The summed E-state index contributed by atoms with van der Waals surface area (Å²) in [5.74, 6) is 1.99. The van der Waals surface area contributed by atoms with E-state index < -0.39 is 0 Å². The van der Waals surface area contributed by atoms with Crippen molar-refractivity contribution >= 4 is 11.3 Å². The molecule has 0 aromatic carbocycles. The average Bonchev–Trinajstić information content (AvgIpc) is 2.87. The van der Waals surface area contributed by atoms with Gasteiger partial charge in [0.2, 0.25) is 0 Å². The first-order valence-electron chi connectivity index (χ1n) is 5.93. The standard InChI is InChI=1S/C14H19NOS/c1-9-7-14(12(4)16-9)11(3)15-10(2)13-5-6-17-8-13/h5-8,10-11,15H,1-4H3. The van der Waals surface area contributed by atoms with E-state index in [1.165, 1.54) is 11.1 Å². The Balaban J connectivity index is 2.06. The Bertz CT molecular complexity index is 472. The predicted molar refractivity (Wildman–Crippen MR) is 72.5 cm³/mol. The minimum Gasteiger partial charge on any atom is -0.466 e. The van der Waals surface area contributed by atoms with Gasteiger partial charge in [0.1, 0.15) is 11.5 Å². The summed E-state index contributed by atoms with van der Waals surface area (Å²) in [6.07, 6.45) is 0. The van der Waals surface area contributed by atoms with Crippen molar-refractivity contribution in [1.29, 1.82) is 0 Å². The van der Waals surface area contributed by atoms with E-state index in [1.807, 2.05) is 13.8 Å². The van der Waals surface area contributed by atoms with E-state index >= 15 is 0 Å². The van der Waals surface area contributed by atoms with Crippen molar-refractivity contribution in [3.05, 3.63) is 45.5 Å². The number of thiophene rings is 1. The van der Waals surface area contributed by atoms with Crippen molar-refractivity contribution in [1.82, 2.24) is 5.32 Å². The molecule has 0 aliphatic heterocycles. The molecule has 0 fully saturated rings. The number of aryl methyl sites for hydroxylation is 2. The number of hydrogen-bond donors (Lipinski definition) is 1. The molecular formula is C14H19NOS. The first-order chi connectivity index (χ1) is 8.08. The molecule has 3 heteroatoms. The smallest absolute Gasteiger partial charge is 0.105 e. The highest BCUT2D eigenvalue weighted by atomic mass is 32.1. The largest absolute Gasteiger partial charge is 0.466 e. The van der Waals surface area contributed by atoms with Crippen LogP contribution in [0.4, 0.5) is 0 Å². The van der Waals surface area contributed by atoms with E-state index in [1.54, 1.807) is 11.3 Å². The van der Waals surface area contributed by atoms with E-state index in [4.69, 9.17) is 4.42 Å². The monoisotopic (exact) mass is 249 g/mol. The van der Waals surface area contributed by atoms with E-state index in [9.17, 15) is 0 Å². The molecule has 2 aromatic heterocycles. The maximum absolute atomic E-state index is 5.57. The third-order valence-electron chi connectivity index (χ3n) is 3.09. The van der Waals surface area contributed by atoms with Crippen molar-refractivity contribution in [3.63, 3.8) is 0 Å². The Morgan fingerprint density at radius 2 is 2.00 bits per heavy atom. The molecule has 2 heterocycles. The Morgan fingerprint density at radius 3 is 2.53 bits per heavy atom. The van der Waals surface area contributed by atoms with Crippen LogP contribution in [0.3, 0.4) is 0 Å². The van der Waals surface area contributed by atoms with Gasteiger partial charge in [0.05, 0.1) is 0 Å². The Hall–Kier alpha value is -1.06. The maximum Gasteiger partial charge on any atom is 0.105 e. The molecule has 17 heavy (non-hydrogen) atoms. The van der Waals surface area contributed by atoms with Crippen molar-refractivity contribution < 1.29 is 4.42 Å². The first-order valence-corrected chi connectivity index (χ1v) is 6.87. The minimum atomic E-state index is 0.308. The van der Waals surface area contributed by atoms with Gasteiger partial charge in [-0.05, 0) is 56.2 Å². The fourth-order valence-corrected chi connectivity index (χ4v) is 2.92. The fraction of sp³-hybridized carbons (Fsp3) is 0.429. The summed E-state index contributed by atoms with van der Waals surface area (Å²) < 4.78 is 5.57. The molecule has 0 bridgehead atoms. The lowest BCUT2D eigenvalue weighted by Gasteiger charge is -2.19. The quantitative estimate of drug-likeness (QED) is 0.870. The molecule has 2 unspecified atom stereocenters. The van der Waals surface area contributed by atoms with E-state index in [2.05, 4.69) is 42.1 Å². The van der Waals surface area contributed by atoms with Crippen LogP contribution in [-0.2, 0) is 0 Å². The van der Waals surface area contributed by atoms with Gasteiger partial charge in [-0.1, -0.05) is 0 Å². The molecule has 0 saturated carbocycles. The van der Waals surface area contributed by atoms with Crippen LogP contribution in [0.25, 0.3) is 0 Å². The van der Waals surface area contributed by atoms with Crippen molar-refractivity contribution in [2.75, 3.05) is 0 Å². The molecule has 2 rings (SSSR count). The zero-order chi connectivity index (χ0) is 12.4. The summed E-state index contributed by atoms with van der Waals surface area (Å²) in [5.41, 5.74) is 2.60. The van der Waals surface area contributed by atoms with Crippen LogP contribution in [0.2, 0.25) is 0 Å². The first kappa shape index (κ1) is 12.4. The molecule has 92 valence electrons. The zero-order valence-corrected chi connectivity index (χ0v) is 11.6. The lowest BCUT2D eigenvalue weighted by molar-refractivity contribution is 0.469. The molecule has 0 aliphatic rings. The van der Waals surface area contributed by atoms with Gasteiger partial charge in [-0.25, -0.2) is 0 Å². The van der Waals surface area contributed by atoms with Gasteiger partial charge >= 0.3 is 0 Å². The maximum atomic E-state index is 5.57. The second-order valence-corrected chi connectivity index (χ2v) is 5.32. The van der Waals surface area contributed by atoms with Crippen LogP contribution in [-0.4, -0.2) is 0 Å². The average molecular weight is 249 g/mol. The molecular weight excluding hydrogens is 230 g/mol. The van der Waals surface area contributed by atoms with Crippen LogP contribution in [0.15, 0.2) is 27.3 Å². The molecule has 2 nitrogen and oxygen atoms in total. The molecule has 2 aromatic rings. The topological polar surface area (TPSA) is 25.2 Å². The van der Waals surface area contributed by atoms with Crippen LogP contribution < -0.4 is 5.32 Å². The second kappa shape index (κ2) is 5.07. The molecule has 0 aliphatic carbocycles.